The second kappa shape index (κ2) is 11.5. The SMILES string of the molecule is CCC(C)(C)C(=O)C(=O)N1CCC[C@H]1N(C=O)CCC(c1ccccc1)C(C)c1ccccc1. The van der Waals surface area contributed by atoms with Gasteiger partial charge in [-0.2, -0.15) is 0 Å². The Hall–Kier alpha value is -2.95. The minimum Gasteiger partial charge on any atom is -0.325 e. The molecule has 0 radical (unpaired) electrons. The number of carbonyl (C=O) groups excluding carboxylic acids is 3. The van der Waals surface area contributed by atoms with Crippen LogP contribution in [-0.2, 0) is 14.4 Å². The Kier molecular flexibility index (Phi) is 8.65. The lowest BCUT2D eigenvalue weighted by Crippen LogP contribution is -2.51. The number of benzene rings is 2. The van der Waals surface area contributed by atoms with Crippen LogP contribution in [0.15, 0.2) is 60.7 Å². The van der Waals surface area contributed by atoms with Gasteiger partial charge >= 0.3 is 0 Å². The molecule has 0 aromatic heterocycles. The van der Waals surface area contributed by atoms with Gasteiger partial charge in [-0.05, 0) is 48.6 Å². The summed E-state index contributed by atoms with van der Waals surface area (Å²) in [6, 6.07) is 20.8. The summed E-state index contributed by atoms with van der Waals surface area (Å²) in [5, 5.41) is 0. The first-order chi connectivity index (χ1) is 16.3. The van der Waals surface area contributed by atoms with E-state index in [9.17, 15) is 14.4 Å². The number of rotatable bonds is 11. The number of Topliss-reactive ketones (excluding diaryl/α,β-unsaturated/α-hetero) is 1. The molecule has 182 valence electrons. The van der Waals surface area contributed by atoms with Crippen LogP contribution in [0.4, 0.5) is 0 Å². The van der Waals surface area contributed by atoms with Crippen molar-refractivity contribution in [2.24, 2.45) is 5.41 Å². The third-order valence-corrected chi connectivity index (χ3v) is 7.55. The van der Waals surface area contributed by atoms with E-state index in [1.54, 1.807) is 9.80 Å². The van der Waals surface area contributed by atoms with Gasteiger partial charge in [0, 0.05) is 18.5 Å². The topological polar surface area (TPSA) is 57.7 Å². The van der Waals surface area contributed by atoms with Crippen LogP contribution in [0.2, 0.25) is 0 Å². The Morgan fingerprint density at radius 2 is 1.65 bits per heavy atom. The quantitative estimate of drug-likeness (QED) is 0.333. The van der Waals surface area contributed by atoms with Gasteiger partial charge in [-0.25, -0.2) is 0 Å². The number of amides is 2. The lowest BCUT2D eigenvalue weighted by Gasteiger charge is -2.35. The van der Waals surface area contributed by atoms with Crippen molar-refractivity contribution in [2.45, 2.75) is 71.4 Å². The van der Waals surface area contributed by atoms with E-state index in [4.69, 9.17) is 0 Å². The van der Waals surface area contributed by atoms with E-state index >= 15 is 0 Å². The molecule has 5 nitrogen and oxygen atoms in total. The summed E-state index contributed by atoms with van der Waals surface area (Å²) >= 11 is 0. The zero-order chi connectivity index (χ0) is 24.7. The zero-order valence-corrected chi connectivity index (χ0v) is 20.9. The predicted octanol–water partition coefficient (Wildman–Crippen LogP) is 5.38. The number of hydrogen-bond acceptors (Lipinski definition) is 3. The number of hydrogen-bond donors (Lipinski definition) is 0. The summed E-state index contributed by atoms with van der Waals surface area (Å²) in [5.41, 5.74) is 1.81. The first-order valence-corrected chi connectivity index (χ1v) is 12.5. The normalized spacial score (nSPS) is 17.8. The van der Waals surface area contributed by atoms with Crippen molar-refractivity contribution in [3.63, 3.8) is 0 Å². The summed E-state index contributed by atoms with van der Waals surface area (Å²) in [7, 11) is 0. The van der Waals surface area contributed by atoms with Gasteiger partial charge in [-0.3, -0.25) is 14.4 Å². The first-order valence-electron chi connectivity index (χ1n) is 12.5. The Labute approximate surface area is 204 Å². The second-order valence-corrected chi connectivity index (χ2v) is 10.0. The van der Waals surface area contributed by atoms with Gasteiger partial charge in [0.15, 0.2) is 0 Å². The van der Waals surface area contributed by atoms with Gasteiger partial charge in [0.2, 0.25) is 12.2 Å². The number of ketones is 1. The predicted molar refractivity (Wildman–Crippen MR) is 135 cm³/mol. The molecular formula is C29H38N2O3. The standard InChI is InChI=1S/C29H38N2O3/c1-5-29(3,4)27(33)28(34)31-19-12-17-26(31)30(21-32)20-18-25(24-15-10-7-11-16-24)22(2)23-13-8-6-9-14-23/h6-11,13-16,21-22,25-26H,5,12,17-20H2,1-4H3/t22?,25?,26-/m0/s1. The molecule has 1 heterocycles. The van der Waals surface area contributed by atoms with Gasteiger partial charge in [0.25, 0.3) is 5.91 Å². The van der Waals surface area contributed by atoms with E-state index < -0.39 is 11.3 Å². The summed E-state index contributed by atoms with van der Waals surface area (Å²) < 4.78 is 0. The van der Waals surface area contributed by atoms with E-state index in [0.717, 1.165) is 19.3 Å². The molecule has 0 spiro atoms. The summed E-state index contributed by atoms with van der Waals surface area (Å²) in [6.45, 7) is 8.82. The number of nitrogens with zero attached hydrogens (tertiary/aromatic N) is 2. The van der Waals surface area contributed by atoms with Crippen LogP contribution in [0.5, 0.6) is 0 Å². The largest absolute Gasteiger partial charge is 0.325 e. The molecule has 0 N–H and O–H groups in total. The Morgan fingerprint density at radius 1 is 1.06 bits per heavy atom. The lowest BCUT2D eigenvalue weighted by atomic mass is 9.80. The molecule has 1 fully saturated rings. The maximum atomic E-state index is 13.1. The molecule has 3 rings (SSSR count). The fraction of sp³-hybridized carbons (Fsp3) is 0.483. The molecule has 1 saturated heterocycles. The first kappa shape index (κ1) is 25.7. The van der Waals surface area contributed by atoms with E-state index in [1.807, 2.05) is 32.9 Å². The minimum absolute atomic E-state index is 0.220. The Morgan fingerprint density at radius 3 is 2.21 bits per heavy atom. The monoisotopic (exact) mass is 462 g/mol. The molecule has 5 heteroatoms. The molecule has 2 aromatic carbocycles. The Balaban J connectivity index is 1.77. The molecule has 2 amide bonds. The molecule has 34 heavy (non-hydrogen) atoms. The summed E-state index contributed by atoms with van der Waals surface area (Å²) in [4.78, 5) is 41.4. The third kappa shape index (κ3) is 5.75. The van der Waals surface area contributed by atoms with Gasteiger partial charge in [0.05, 0.1) is 0 Å². The molecule has 0 bridgehead atoms. The molecule has 2 unspecified atom stereocenters. The maximum Gasteiger partial charge on any atom is 0.292 e. The number of likely N-dealkylation sites (tertiary alicyclic amines) is 1. The van der Waals surface area contributed by atoms with Crippen molar-refractivity contribution < 1.29 is 14.4 Å². The van der Waals surface area contributed by atoms with Crippen LogP contribution in [-0.4, -0.2) is 47.2 Å². The van der Waals surface area contributed by atoms with Gasteiger partial charge in [0.1, 0.15) is 6.17 Å². The highest BCUT2D eigenvalue weighted by Crippen LogP contribution is 2.36. The lowest BCUT2D eigenvalue weighted by molar-refractivity contribution is -0.152. The average Bonchev–Trinajstić information content (AvgIpc) is 3.36. The van der Waals surface area contributed by atoms with E-state index in [2.05, 4.69) is 55.5 Å². The highest BCUT2D eigenvalue weighted by Gasteiger charge is 2.40. The van der Waals surface area contributed by atoms with Crippen LogP contribution in [0.3, 0.4) is 0 Å². The van der Waals surface area contributed by atoms with Crippen molar-refractivity contribution in [1.29, 1.82) is 0 Å². The summed E-state index contributed by atoms with van der Waals surface area (Å²) in [6.07, 6.45) is 3.36. The van der Waals surface area contributed by atoms with Crippen molar-refractivity contribution in [1.82, 2.24) is 9.80 Å². The van der Waals surface area contributed by atoms with Gasteiger partial charge in [-0.1, -0.05) is 88.4 Å². The molecule has 2 aromatic rings. The van der Waals surface area contributed by atoms with Crippen molar-refractivity contribution in [3.8, 4) is 0 Å². The molecule has 1 aliphatic heterocycles. The molecule has 3 atom stereocenters. The van der Waals surface area contributed by atoms with Crippen molar-refractivity contribution >= 4 is 18.1 Å². The fourth-order valence-electron chi connectivity index (χ4n) is 4.87. The molecule has 0 aliphatic carbocycles. The molecule has 0 saturated carbocycles. The zero-order valence-electron chi connectivity index (χ0n) is 20.9. The van der Waals surface area contributed by atoms with Crippen LogP contribution >= 0.6 is 0 Å². The fourth-order valence-corrected chi connectivity index (χ4v) is 4.87. The average molecular weight is 463 g/mol. The van der Waals surface area contributed by atoms with E-state index in [1.165, 1.54) is 11.1 Å². The van der Waals surface area contributed by atoms with Crippen LogP contribution < -0.4 is 0 Å². The number of carbonyl (C=O) groups is 3. The van der Waals surface area contributed by atoms with E-state index in [0.29, 0.717) is 25.9 Å². The van der Waals surface area contributed by atoms with Crippen LogP contribution in [0.25, 0.3) is 0 Å². The van der Waals surface area contributed by atoms with Crippen LogP contribution in [0, 0.1) is 5.41 Å². The van der Waals surface area contributed by atoms with Gasteiger partial charge in [-0.15, -0.1) is 0 Å². The smallest absolute Gasteiger partial charge is 0.292 e. The van der Waals surface area contributed by atoms with Gasteiger partial charge < -0.3 is 9.80 Å². The van der Waals surface area contributed by atoms with Crippen molar-refractivity contribution in [3.05, 3.63) is 71.8 Å². The minimum atomic E-state index is -0.695. The molecule has 1 aliphatic rings. The Bertz CT molecular complexity index is 958. The maximum absolute atomic E-state index is 13.1. The third-order valence-electron chi connectivity index (χ3n) is 7.55. The van der Waals surface area contributed by atoms with E-state index in [-0.39, 0.29) is 23.8 Å². The second-order valence-electron chi connectivity index (χ2n) is 10.0. The highest BCUT2D eigenvalue weighted by atomic mass is 16.2. The van der Waals surface area contributed by atoms with Crippen molar-refractivity contribution in [2.75, 3.05) is 13.1 Å². The molecular weight excluding hydrogens is 424 g/mol. The van der Waals surface area contributed by atoms with Crippen LogP contribution in [0.1, 0.15) is 76.3 Å². The summed E-state index contributed by atoms with van der Waals surface area (Å²) in [5.74, 6) is -0.339. The highest BCUT2D eigenvalue weighted by molar-refractivity contribution is 6.38.